The number of phenolic OH excluding ortho intramolecular Hbond substituents is 1. The number of nitrogens with zero attached hydrogens (tertiary/aromatic N) is 3. The first-order valence-electron chi connectivity index (χ1n) is 17.6. The monoisotopic (exact) mass is 798 g/mol. The summed E-state index contributed by atoms with van der Waals surface area (Å²) < 4.78 is 30.2. The van der Waals surface area contributed by atoms with Crippen molar-refractivity contribution < 1.29 is 33.4 Å². The van der Waals surface area contributed by atoms with Crippen molar-refractivity contribution in [1.82, 2.24) is 15.1 Å². The number of fused-ring (bicyclic) bond motifs is 2. The number of piperazine rings is 1. The van der Waals surface area contributed by atoms with Crippen LogP contribution >= 0.6 is 27.3 Å². The van der Waals surface area contributed by atoms with Crippen LogP contribution in [0.5, 0.6) is 23.0 Å². The van der Waals surface area contributed by atoms with E-state index in [1.807, 2.05) is 59.5 Å². The Labute approximate surface area is 317 Å². The SMILES string of the molecule is O=C1CCC(N2Cc3c(ccc(N4CCN(CCCOc5ccc(Oc6c(-c7ccc(Br)cc7)sc7cc(O)ccc67)cc5)CC4)c3F)C2=O)C(=O)N1. The molecular weight excluding hydrogens is 763 g/mol. The van der Waals surface area contributed by atoms with Crippen LogP contribution in [0.15, 0.2) is 83.3 Å². The van der Waals surface area contributed by atoms with Crippen LogP contribution in [0.1, 0.15) is 35.2 Å². The van der Waals surface area contributed by atoms with Crippen molar-refractivity contribution in [3.05, 3.63) is 100 Å². The molecule has 2 N–H and O–H groups in total. The molecule has 1 aromatic heterocycles. The first kappa shape index (κ1) is 35.1. The van der Waals surface area contributed by atoms with E-state index in [9.17, 15) is 19.5 Å². The maximum atomic E-state index is 15.8. The lowest BCUT2D eigenvalue weighted by molar-refractivity contribution is -0.136. The third-order valence-corrected chi connectivity index (χ3v) is 11.7. The number of hydrogen-bond donors (Lipinski definition) is 2. The highest BCUT2D eigenvalue weighted by atomic mass is 79.9. The summed E-state index contributed by atoms with van der Waals surface area (Å²) in [6.07, 6.45) is 1.22. The Kier molecular flexibility index (Phi) is 9.80. The predicted molar refractivity (Wildman–Crippen MR) is 204 cm³/mol. The van der Waals surface area contributed by atoms with Crippen molar-refractivity contribution in [3.8, 4) is 33.4 Å². The molecule has 53 heavy (non-hydrogen) atoms. The van der Waals surface area contributed by atoms with Gasteiger partial charge in [-0.15, -0.1) is 11.3 Å². The van der Waals surface area contributed by atoms with Gasteiger partial charge in [-0.25, -0.2) is 4.39 Å². The molecule has 2 saturated heterocycles. The van der Waals surface area contributed by atoms with Gasteiger partial charge in [-0.2, -0.15) is 0 Å². The number of ether oxygens (including phenoxy) is 2. The lowest BCUT2D eigenvalue weighted by atomic mass is 10.0. The number of hydrogen-bond acceptors (Lipinski definition) is 9. The van der Waals surface area contributed by atoms with Gasteiger partial charge in [-0.1, -0.05) is 28.1 Å². The summed E-state index contributed by atoms with van der Waals surface area (Å²) in [5, 5.41) is 13.3. The van der Waals surface area contributed by atoms with Crippen LogP contribution in [0.2, 0.25) is 0 Å². The van der Waals surface area contributed by atoms with E-state index in [4.69, 9.17) is 9.47 Å². The molecule has 0 bridgehead atoms. The van der Waals surface area contributed by atoms with Crippen LogP contribution < -0.4 is 19.7 Å². The summed E-state index contributed by atoms with van der Waals surface area (Å²) in [4.78, 5) is 43.7. The van der Waals surface area contributed by atoms with E-state index in [0.29, 0.717) is 36.7 Å². The Hall–Kier alpha value is -4.98. The number of anilines is 1. The van der Waals surface area contributed by atoms with Gasteiger partial charge in [0.2, 0.25) is 11.8 Å². The number of imide groups is 1. The van der Waals surface area contributed by atoms with E-state index in [-0.39, 0.29) is 42.5 Å². The van der Waals surface area contributed by atoms with Crippen LogP contribution in [0.3, 0.4) is 0 Å². The average molecular weight is 800 g/mol. The third-order valence-electron chi connectivity index (χ3n) is 10.0. The Balaban J connectivity index is 0.823. The number of halogens is 2. The number of thiophene rings is 1. The van der Waals surface area contributed by atoms with E-state index >= 15 is 4.39 Å². The maximum Gasteiger partial charge on any atom is 0.255 e. The molecule has 4 heterocycles. The molecule has 5 aromatic rings. The Morgan fingerprint density at radius 3 is 2.43 bits per heavy atom. The van der Waals surface area contributed by atoms with Gasteiger partial charge in [-0.05, 0) is 85.1 Å². The van der Waals surface area contributed by atoms with Gasteiger partial charge < -0.3 is 24.4 Å². The summed E-state index contributed by atoms with van der Waals surface area (Å²) in [5.41, 5.74) is 2.08. The second-order valence-electron chi connectivity index (χ2n) is 13.4. The minimum atomic E-state index is -0.775. The highest BCUT2D eigenvalue weighted by Gasteiger charge is 2.41. The number of carbonyl (C=O) groups excluding carboxylic acids is 3. The van der Waals surface area contributed by atoms with Crippen LogP contribution in [0.25, 0.3) is 20.5 Å². The predicted octanol–water partition coefficient (Wildman–Crippen LogP) is 7.32. The van der Waals surface area contributed by atoms with E-state index in [2.05, 4.69) is 26.1 Å². The Morgan fingerprint density at radius 1 is 0.925 bits per heavy atom. The molecule has 0 aliphatic carbocycles. The third kappa shape index (κ3) is 7.20. The van der Waals surface area contributed by atoms with Gasteiger partial charge in [0.05, 0.1) is 23.7 Å². The second kappa shape index (κ2) is 14.8. The van der Waals surface area contributed by atoms with Gasteiger partial charge >= 0.3 is 0 Å². The minimum absolute atomic E-state index is 0.0152. The lowest BCUT2D eigenvalue weighted by Crippen LogP contribution is -2.52. The molecule has 0 spiro atoms. The number of amides is 3. The van der Waals surface area contributed by atoms with Crippen LogP contribution in [-0.4, -0.2) is 78.0 Å². The number of phenols is 1. The quantitative estimate of drug-likeness (QED) is 0.112. The summed E-state index contributed by atoms with van der Waals surface area (Å²) in [6, 6.07) is 23.5. The molecule has 0 saturated carbocycles. The van der Waals surface area contributed by atoms with Crippen molar-refractivity contribution in [2.24, 2.45) is 0 Å². The van der Waals surface area contributed by atoms with Gasteiger partial charge in [-0.3, -0.25) is 24.6 Å². The normalized spacial score (nSPS) is 17.7. The van der Waals surface area contributed by atoms with Crippen LogP contribution in [-0.2, 0) is 16.1 Å². The maximum absolute atomic E-state index is 15.8. The molecule has 1 unspecified atom stereocenters. The fraction of sp³-hybridized carbons (Fsp3) is 0.275. The molecule has 0 radical (unpaired) electrons. The number of rotatable bonds is 10. The minimum Gasteiger partial charge on any atom is -0.508 e. The lowest BCUT2D eigenvalue weighted by Gasteiger charge is -2.36. The van der Waals surface area contributed by atoms with Crippen molar-refractivity contribution in [2.45, 2.75) is 31.8 Å². The molecule has 3 aliphatic heterocycles. The van der Waals surface area contributed by atoms with Crippen molar-refractivity contribution in [1.29, 1.82) is 0 Å². The first-order chi connectivity index (χ1) is 25.7. The zero-order valence-corrected chi connectivity index (χ0v) is 31.1. The van der Waals surface area contributed by atoms with Gasteiger partial charge in [0.25, 0.3) is 5.91 Å². The largest absolute Gasteiger partial charge is 0.508 e. The zero-order chi connectivity index (χ0) is 36.6. The summed E-state index contributed by atoms with van der Waals surface area (Å²) in [7, 11) is 0. The zero-order valence-electron chi connectivity index (χ0n) is 28.6. The summed E-state index contributed by atoms with van der Waals surface area (Å²) in [6.45, 7) is 4.23. The van der Waals surface area contributed by atoms with E-state index in [0.717, 1.165) is 62.6 Å². The average Bonchev–Trinajstić information content (AvgIpc) is 3.68. The molecule has 8 rings (SSSR count). The molecule has 3 aliphatic rings. The number of piperidine rings is 1. The molecule has 4 aromatic carbocycles. The fourth-order valence-electron chi connectivity index (χ4n) is 7.20. The van der Waals surface area contributed by atoms with Crippen molar-refractivity contribution in [3.63, 3.8) is 0 Å². The molecule has 10 nitrogen and oxygen atoms in total. The highest BCUT2D eigenvalue weighted by molar-refractivity contribution is 9.10. The van der Waals surface area contributed by atoms with E-state index in [1.165, 1.54) is 4.90 Å². The number of aromatic hydroxyl groups is 1. The fourth-order valence-corrected chi connectivity index (χ4v) is 8.64. The molecular formula is C40H36BrFN4O6S. The van der Waals surface area contributed by atoms with Crippen molar-refractivity contribution >= 4 is 60.8 Å². The van der Waals surface area contributed by atoms with Gasteiger partial charge in [0.1, 0.15) is 23.3 Å². The molecule has 13 heteroatoms. The summed E-state index contributed by atoms with van der Waals surface area (Å²) in [5.74, 6) is 0.723. The molecule has 2 fully saturated rings. The molecule has 1 atom stereocenters. The molecule has 272 valence electrons. The van der Waals surface area contributed by atoms with Gasteiger partial charge in [0, 0.05) is 64.8 Å². The topological polar surface area (TPSA) is 112 Å². The summed E-state index contributed by atoms with van der Waals surface area (Å²) >= 11 is 5.08. The first-order valence-corrected chi connectivity index (χ1v) is 19.2. The Bertz CT molecular complexity index is 2200. The van der Waals surface area contributed by atoms with Gasteiger partial charge in [0.15, 0.2) is 11.6 Å². The Morgan fingerprint density at radius 2 is 1.68 bits per heavy atom. The van der Waals surface area contributed by atoms with Crippen molar-refractivity contribution in [2.75, 3.05) is 44.2 Å². The number of benzene rings is 4. The smallest absolute Gasteiger partial charge is 0.255 e. The van der Waals surface area contributed by atoms with Crippen LogP contribution in [0.4, 0.5) is 10.1 Å². The van der Waals surface area contributed by atoms with E-state index < -0.39 is 17.8 Å². The highest BCUT2D eigenvalue weighted by Crippen LogP contribution is 2.47. The number of nitrogens with one attached hydrogen (secondary N) is 1. The van der Waals surface area contributed by atoms with E-state index in [1.54, 1.807) is 35.6 Å². The molecule has 3 amide bonds. The second-order valence-corrected chi connectivity index (χ2v) is 15.3. The standard InChI is InChI=1S/C40H36BrFN4O6S/c41-25-4-2-24(3-5-25)38-37(30-11-6-26(47)22-34(30)53-38)52-28-9-7-27(8-10-28)51-21-1-16-44-17-19-45(20-18-44)32-13-12-29-31(36(32)42)23-46(40(29)50)33-14-15-35(48)43-39(33)49/h2-13,22,33,47H,1,14-21,23H2,(H,43,48,49). The van der Waals surface area contributed by atoms with Crippen LogP contribution in [0, 0.1) is 5.82 Å². The number of carbonyl (C=O) groups is 3.